The summed E-state index contributed by atoms with van der Waals surface area (Å²) in [4.78, 5) is 2.22. The van der Waals surface area contributed by atoms with Gasteiger partial charge in [0.1, 0.15) is 0 Å². The Balaban J connectivity index is 2.03. The van der Waals surface area contributed by atoms with Crippen LogP contribution in [0.3, 0.4) is 0 Å². The zero-order valence-corrected chi connectivity index (χ0v) is 9.14. The van der Waals surface area contributed by atoms with E-state index in [1.807, 2.05) is 0 Å². The number of nitrogens with zero attached hydrogens (tertiary/aromatic N) is 1. The molecule has 1 aliphatic heterocycles. The van der Waals surface area contributed by atoms with Gasteiger partial charge in [-0.2, -0.15) is 0 Å². The molecule has 0 aromatic carbocycles. The summed E-state index contributed by atoms with van der Waals surface area (Å²) in [6, 6.07) is 1.31. The average Bonchev–Trinajstić information content (AvgIpc) is 2.51. The van der Waals surface area contributed by atoms with E-state index in [1.165, 1.54) is 19.4 Å². The smallest absolute Gasteiger partial charge is 0.0193 e. The SMILES string of the molecule is CC(CN(C)C)NCC1CCCN1. The van der Waals surface area contributed by atoms with E-state index in [-0.39, 0.29) is 0 Å². The summed E-state index contributed by atoms with van der Waals surface area (Å²) < 4.78 is 0. The van der Waals surface area contributed by atoms with Gasteiger partial charge in [0, 0.05) is 25.2 Å². The molecule has 0 saturated carbocycles. The summed E-state index contributed by atoms with van der Waals surface area (Å²) >= 11 is 0. The third-order valence-corrected chi connectivity index (χ3v) is 2.51. The van der Waals surface area contributed by atoms with Crippen molar-refractivity contribution >= 4 is 0 Å². The van der Waals surface area contributed by atoms with Crippen molar-refractivity contribution in [2.45, 2.75) is 31.8 Å². The Morgan fingerprint density at radius 3 is 2.85 bits per heavy atom. The van der Waals surface area contributed by atoms with Crippen molar-refractivity contribution in [3.05, 3.63) is 0 Å². The van der Waals surface area contributed by atoms with Crippen LogP contribution in [0.4, 0.5) is 0 Å². The van der Waals surface area contributed by atoms with Crippen LogP contribution in [0.2, 0.25) is 0 Å². The van der Waals surface area contributed by atoms with Gasteiger partial charge in [-0.25, -0.2) is 0 Å². The molecular weight excluding hydrogens is 162 g/mol. The zero-order valence-electron chi connectivity index (χ0n) is 9.14. The summed E-state index contributed by atoms with van der Waals surface area (Å²) in [7, 11) is 4.23. The largest absolute Gasteiger partial charge is 0.313 e. The number of nitrogens with one attached hydrogen (secondary N) is 2. The van der Waals surface area contributed by atoms with Gasteiger partial charge in [0.05, 0.1) is 0 Å². The second-order valence-corrected chi connectivity index (χ2v) is 4.36. The number of hydrogen-bond acceptors (Lipinski definition) is 3. The first-order valence-electron chi connectivity index (χ1n) is 5.30. The molecule has 0 amide bonds. The third kappa shape index (κ3) is 4.60. The van der Waals surface area contributed by atoms with Crippen LogP contribution in [0.5, 0.6) is 0 Å². The van der Waals surface area contributed by atoms with Crippen molar-refractivity contribution in [1.82, 2.24) is 15.5 Å². The Morgan fingerprint density at radius 1 is 1.54 bits per heavy atom. The molecule has 3 heteroatoms. The highest BCUT2D eigenvalue weighted by Crippen LogP contribution is 2.03. The average molecular weight is 185 g/mol. The molecule has 1 heterocycles. The second-order valence-electron chi connectivity index (χ2n) is 4.36. The van der Waals surface area contributed by atoms with E-state index >= 15 is 0 Å². The number of hydrogen-bond donors (Lipinski definition) is 2. The van der Waals surface area contributed by atoms with E-state index in [2.05, 4.69) is 36.6 Å². The molecule has 3 nitrogen and oxygen atoms in total. The van der Waals surface area contributed by atoms with E-state index in [4.69, 9.17) is 0 Å². The van der Waals surface area contributed by atoms with Crippen molar-refractivity contribution in [2.24, 2.45) is 0 Å². The van der Waals surface area contributed by atoms with Crippen LogP contribution >= 0.6 is 0 Å². The molecule has 13 heavy (non-hydrogen) atoms. The minimum atomic E-state index is 0.595. The molecule has 0 radical (unpaired) electrons. The Bertz CT molecular complexity index is 130. The van der Waals surface area contributed by atoms with Crippen LogP contribution in [-0.2, 0) is 0 Å². The lowest BCUT2D eigenvalue weighted by molar-refractivity contribution is 0.342. The second kappa shape index (κ2) is 5.58. The Hall–Kier alpha value is -0.120. The highest BCUT2D eigenvalue weighted by atomic mass is 15.1. The lowest BCUT2D eigenvalue weighted by atomic mass is 10.2. The van der Waals surface area contributed by atoms with Crippen LogP contribution in [0, 0.1) is 0 Å². The Morgan fingerprint density at radius 2 is 2.31 bits per heavy atom. The molecule has 2 atom stereocenters. The van der Waals surface area contributed by atoms with Crippen molar-refractivity contribution in [1.29, 1.82) is 0 Å². The van der Waals surface area contributed by atoms with E-state index in [1.54, 1.807) is 0 Å². The maximum atomic E-state index is 3.55. The fraction of sp³-hybridized carbons (Fsp3) is 1.00. The van der Waals surface area contributed by atoms with Gasteiger partial charge in [-0.15, -0.1) is 0 Å². The molecule has 0 aromatic rings. The van der Waals surface area contributed by atoms with Crippen molar-refractivity contribution < 1.29 is 0 Å². The van der Waals surface area contributed by atoms with Crippen LogP contribution in [0.15, 0.2) is 0 Å². The first-order chi connectivity index (χ1) is 6.18. The standard InChI is InChI=1S/C10H23N3/c1-9(8-13(2)3)12-7-10-5-4-6-11-10/h9-12H,4-8H2,1-3H3. The molecule has 1 aliphatic rings. The van der Waals surface area contributed by atoms with Gasteiger partial charge in [0.25, 0.3) is 0 Å². The van der Waals surface area contributed by atoms with Gasteiger partial charge in [0.2, 0.25) is 0 Å². The summed E-state index contributed by atoms with van der Waals surface area (Å²) in [6.45, 7) is 5.69. The van der Waals surface area contributed by atoms with Gasteiger partial charge in [-0.3, -0.25) is 0 Å². The summed E-state index contributed by atoms with van der Waals surface area (Å²) in [6.07, 6.45) is 2.68. The molecule has 0 aliphatic carbocycles. The maximum Gasteiger partial charge on any atom is 0.0193 e. The van der Waals surface area contributed by atoms with E-state index in [0.29, 0.717) is 12.1 Å². The molecule has 1 saturated heterocycles. The van der Waals surface area contributed by atoms with E-state index in [0.717, 1.165) is 13.1 Å². The molecule has 2 N–H and O–H groups in total. The fourth-order valence-electron chi connectivity index (χ4n) is 1.89. The van der Waals surface area contributed by atoms with Crippen molar-refractivity contribution in [3.63, 3.8) is 0 Å². The van der Waals surface area contributed by atoms with Gasteiger partial charge < -0.3 is 15.5 Å². The van der Waals surface area contributed by atoms with Crippen LogP contribution in [0.1, 0.15) is 19.8 Å². The minimum Gasteiger partial charge on any atom is -0.313 e. The van der Waals surface area contributed by atoms with Gasteiger partial charge in [-0.05, 0) is 40.4 Å². The van der Waals surface area contributed by atoms with Crippen LogP contribution in [-0.4, -0.2) is 50.7 Å². The lowest BCUT2D eigenvalue weighted by Crippen LogP contribution is -2.42. The molecule has 1 fully saturated rings. The third-order valence-electron chi connectivity index (χ3n) is 2.51. The molecule has 78 valence electrons. The maximum absolute atomic E-state index is 3.55. The van der Waals surface area contributed by atoms with E-state index < -0.39 is 0 Å². The quantitative estimate of drug-likeness (QED) is 0.644. The fourth-order valence-corrected chi connectivity index (χ4v) is 1.89. The molecule has 1 rings (SSSR count). The van der Waals surface area contributed by atoms with Crippen LogP contribution in [0.25, 0.3) is 0 Å². The van der Waals surface area contributed by atoms with Crippen molar-refractivity contribution in [2.75, 3.05) is 33.7 Å². The normalized spacial score (nSPS) is 25.4. The minimum absolute atomic E-state index is 0.595. The van der Waals surface area contributed by atoms with Crippen molar-refractivity contribution in [3.8, 4) is 0 Å². The first kappa shape index (κ1) is 11.0. The van der Waals surface area contributed by atoms with Gasteiger partial charge in [-0.1, -0.05) is 0 Å². The summed E-state index contributed by atoms with van der Waals surface area (Å²) in [5, 5.41) is 7.04. The predicted molar refractivity (Wildman–Crippen MR) is 57.0 cm³/mol. The highest BCUT2D eigenvalue weighted by molar-refractivity contribution is 4.77. The first-order valence-corrected chi connectivity index (χ1v) is 5.30. The zero-order chi connectivity index (χ0) is 9.68. The molecular formula is C10H23N3. The molecule has 0 spiro atoms. The predicted octanol–water partition coefficient (Wildman–Crippen LogP) is 0.278. The number of rotatable bonds is 5. The molecule has 0 aromatic heterocycles. The summed E-state index contributed by atoms with van der Waals surface area (Å²) in [5.74, 6) is 0. The highest BCUT2D eigenvalue weighted by Gasteiger charge is 2.14. The van der Waals surface area contributed by atoms with Crippen LogP contribution < -0.4 is 10.6 Å². The monoisotopic (exact) mass is 185 g/mol. The number of likely N-dealkylation sites (N-methyl/N-ethyl adjacent to an activating group) is 1. The Kier molecular flexibility index (Phi) is 4.70. The lowest BCUT2D eigenvalue weighted by Gasteiger charge is -2.20. The Labute approximate surface area is 81.9 Å². The summed E-state index contributed by atoms with van der Waals surface area (Å²) in [5.41, 5.74) is 0. The molecule has 0 bridgehead atoms. The molecule has 2 unspecified atom stereocenters. The van der Waals surface area contributed by atoms with Gasteiger partial charge >= 0.3 is 0 Å². The topological polar surface area (TPSA) is 27.3 Å². The van der Waals surface area contributed by atoms with Gasteiger partial charge in [0.15, 0.2) is 0 Å². The van der Waals surface area contributed by atoms with E-state index in [9.17, 15) is 0 Å².